The maximum Gasteiger partial charge on any atom is 0.270 e. The van der Waals surface area contributed by atoms with Crippen LogP contribution in [0.2, 0.25) is 0 Å². The number of hydrogen-bond donors (Lipinski definition) is 1. The number of carbonyl (C=O) groups excluding carboxylic acids is 1. The quantitative estimate of drug-likeness (QED) is 0.655. The third-order valence-electron chi connectivity index (χ3n) is 3.89. The third-order valence-corrected chi connectivity index (χ3v) is 3.89. The van der Waals surface area contributed by atoms with Crippen LogP contribution in [0.3, 0.4) is 0 Å². The van der Waals surface area contributed by atoms with Crippen molar-refractivity contribution in [1.29, 1.82) is 0 Å². The molecule has 1 aliphatic rings. The summed E-state index contributed by atoms with van der Waals surface area (Å²) in [6.45, 7) is 2.19. The molecule has 0 aliphatic heterocycles. The molecular formula is C14H19N3O3. The van der Waals surface area contributed by atoms with Gasteiger partial charge in [-0.05, 0) is 31.2 Å². The van der Waals surface area contributed by atoms with Crippen molar-refractivity contribution in [2.24, 2.45) is 11.7 Å². The van der Waals surface area contributed by atoms with Gasteiger partial charge in [0.2, 0.25) is 0 Å². The van der Waals surface area contributed by atoms with E-state index in [1.54, 1.807) is 24.9 Å². The van der Waals surface area contributed by atoms with Gasteiger partial charge in [0, 0.05) is 37.3 Å². The highest BCUT2D eigenvalue weighted by Gasteiger charge is 2.35. The van der Waals surface area contributed by atoms with Crippen molar-refractivity contribution in [3.05, 3.63) is 39.4 Å². The fourth-order valence-corrected chi connectivity index (χ4v) is 2.44. The number of hydrogen-bond acceptors (Lipinski definition) is 4. The number of nitro groups is 1. The van der Waals surface area contributed by atoms with Gasteiger partial charge in [-0.2, -0.15) is 0 Å². The predicted molar refractivity (Wildman–Crippen MR) is 75.5 cm³/mol. The van der Waals surface area contributed by atoms with E-state index in [0.717, 1.165) is 18.4 Å². The van der Waals surface area contributed by atoms with Gasteiger partial charge in [0.15, 0.2) is 0 Å². The first-order valence-corrected chi connectivity index (χ1v) is 6.68. The zero-order chi connectivity index (χ0) is 14.9. The molecule has 0 spiro atoms. The van der Waals surface area contributed by atoms with Crippen molar-refractivity contribution < 1.29 is 9.72 Å². The third kappa shape index (κ3) is 2.80. The van der Waals surface area contributed by atoms with E-state index in [9.17, 15) is 14.9 Å². The van der Waals surface area contributed by atoms with E-state index in [-0.39, 0.29) is 17.6 Å². The number of non-ortho nitro benzene ring substituents is 1. The molecule has 2 rings (SSSR count). The molecule has 0 radical (unpaired) electrons. The molecule has 6 nitrogen and oxygen atoms in total. The number of nitrogens with zero attached hydrogens (tertiary/aromatic N) is 2. The molecular weight excluding hydrogens is 258 g/mol. The molecule has 1 amide bonds. The molecule has 1 saturated carbocycles. The largest absolute Gasteiger partial charge is 0.337 e. The summed E-state index contributed by atoms with van der Waals surface area (Å²) in [4.78, 5) is 24.5. The number of aryl methyl sites for hydroxylation is 1. The normalized spacial score (nSPS) is 15.8. The van der Waals surface area contributed by atoms with Crippen molar-refractivity contribution in [3.8, 4) is 0 Å². The van der Waals surface area contributed by atoms with Gasteiger partial charge < -0.3 is 10.6 Å². The Hall–Kier alpha value is -1.95. The van der Waals surface area contributed by atoms with Crippen molar-refractivity contribution in [2.75, 3.05) is 13.6 Å². The van der Waals surface area contributed by atoms with Crippen LogP contribution >= 0.6 is 0 Å². The molecule has 20 heavy (non-hydrogen) atoms. The first kappa shape index (κ1) is 14.5. The summed E-state index contributed by atoms with van der Waals surface area (Å²) < 4.78 is 0. The summed E-state index contributed by atoms with van der Waals surface area (Å²) in [6, 6.07) is 4.37. The Kier molecular flexibility index (Phi) is 4.04. The maximum absolute atomic E-state index is 12.5. The lowest BCUT2D eigenvalue weighted by Gasteiger charge is -2.27. The second-order valence-corrected chi connectivity index (χ2v) is 5.31. The van der Waals surface area contributed by atoms with E-state index in [4.69, 9.17) is 5.73 Å². The number of rotatable bonds is 5. The van der Waals surface area contributed by atoms with Gasteiger partial charge in [-0.25, -0.2) is 0 Å². The standard InChI is InChI=1S/C14H19N3O3/c1-9-3-6-11(17(19)20)7-12(9)14(18)16(2)13(8-15)10-4-5-10/h3,6-7,10,13H,4-5,8,15H2,1-2H3. The number of carbonyl (C=O) groups is 1. The molecule has 1 aliphatic carbocycles. The van der Waals surface area contributed by atoms with Crippen molar-refractivity contribution >= 4 is 11.6 Å². The van der Waals surface area contributed by atoms with Crippen molar-refractivity contribution in [3.63, 3.8) is 0 Å². The average molecular weight is 277 g/mol. The molecule has 0 saturated heterocycles. The predicted octanol–water partition coefficient (Wildman–Crippen LogP) is 1.71. The highest BCUT2D eigenvalue weighted by atomic mass is 16.6. The Labute approximate surface area is 117 Å². The summed E-state index contributed by atoms with van der Waals surface area (Å²) in [5.41, 5.74) is 6.79. The lowest BCUT2D eigenvalue weighted by Crippen LogP contribution is -2.43. The van der Waals surface area contributed by atoms with Crippen LogP contribution in [0.5, 0.6) is 0 Å². The highest BCUT2D eigenvalue weighted by Crippen LogP contribution is 2.35. The lowest BCUT2D eigenvalue weighted by atomic mass is 10.0. The van der Waals surface area contributed by atoms with Crippen molar-refractivity contribution in [1.82, 2.24) is 4.90 Å². The first-order chi connectivity index (χ1) is 9.45. The minimum Gasteiger partial charge on any atom is -0.337 e. The summed E-state index contributed by atoms with van der Waals surface area (Å²) in [6.07, 6.45) is 2.18. The van der Waals surface area contributed by atoms with Gasteiger partial charge in [0.05, 0.1) is 4.92 Å². The van der Waals surface area contributed by atoms with Crippen LogP contribution in [0.15, 0.2) is 18.2 Å². The number of nitrogens with two attached hydrogens (primary N) is 1. The maximum atomic E-state index is 12.5. The topological polar surface area (TPSA) is 89.5 Å². The number of amides is 1. The van der Waals surface area contributed by atoms with E-state index in [0.29, 0.717) is 18.0 Å². The summed E-state index contributed by atoms with van der Waals surface area (Å²) in [5.74, 6) is 0.265. The second-order valence-electron chi connectivity index (χ2n) is 5.31. The Morgan fingerprint density at radius 2 is 2.20 bits per heavy atom. The molecule has 1 aromatic carbocycles. The first-order valence-electron chi connectivity index (χ1n) is 6.68. The van der Waals surface area contributed by atoms with E-state index in [1.165, 1.54) is 12.1 Å². The van der Waals surface area contributed by atoms with Crippen LogP contribution in [0.1, 0.15) is 28.8 Å². The molecule has 6 heteroatoms. The molecule has 0 heterocycles. The van der Waals surface area contributed by atoms with Gasteiger partial charge in [-0.15, -0.1) is 0 Å². The molecule has 0 aromatic heterocycles. The van der Waals surface area contributed by atoms with Crippen LogP contribution in [0, 0.1) is 23.0 Å². The fourth-order valence-electron chi connectivity index (χ4n) is 2.44. The van der Waals surface area contributed by atoms with E-state index >= 15 is 0 Å². The lowest BCUT2D eigenvalue weighted by molar-refractivity contribution is -0.384. The number of nitro benzene ring substituents is 1. The van der Waals surface area contributed by atoms with Gasteiger partial charge in [0.1, 0.15) is 0 Å². The van der Waals surface area contributed by atoms with Crippen LogP contribution < -0.4 is 5.73 Å². The van der Waals surface area contributed by atoms with E-state index in [2.05, 4.69) is 0 Å². The second kappa shape index (κ2) is 5.58. The zero-order valence-electron chi connectivity index (χ0n) is 11.7. The number of likely N-dealkylation sites (N-methyl/N-ethyl adjacent to an activating group) is 1. The minimum atomic E-state index is -0.489. The minimum absolute atomic E-state index is 0.0150. The molecule has 1 fully saturated rings. The van der Waals surface area contributed by atoms with E-state index in [1.807, 2.05) is 0 Å². The van der Waals surface area contributed by atoms with Gasteiger partial charge >= 0.3 is 0 Å². The van der Waals surface area contributed by atoms with Crippen LogP contribution in [0.25, 0.3) is 0 Å². The monoisotopic (exact) mass is 277 g/mol. The zero-order valence-corrected chi connectivity index (χ0v) is 11.7. The van der Waals surface area contributed by atoms with Crippen LogP contribution in [0.4, 0.5) is 5.69 Å². The molecule has 1 atom stereocenters. The molecule has 0 bridgehead atoms. The number of benzene rings is 1. The Morgan fingerprint density at radius 3 is 2.70 bits per heavy atom. The summed E-state index contributed by atoms with van der Waals surface area (Å²) >= 11 is 0. The van der Waals surface area contributed by atoms with Crippen LogP contribution in [-0.2, 0) is 0 Å². The highest BCUT2D eigenvalue weighted by molar-refractivity contribution is 5.96. The smallest absolute Gasteiger partial charge is 0.270 e. The summed E-state index contributed by atoms with van der Waals surface area (Å²) in [7, 11) is 1.72. The molecule has 108 valence electrons. The molecule has 1 unspecified atom stereocenters. The average Bonchev–Trinajstić information content (AvgIpc) is 3.23. The summed E-state index contributed by atoms with van der Waals surface area (Å²) in [5, 5.41) is 10.8. The Bertz CT molecular complexity index is 540. The van der Waals surface area contributed by atoms with Gasteiger partial charge in [-0.1, -0.05) is 6.07 Å². The fraction of sp³-hybridized carbons (Fsp3) is 0.500. The Balaban J connectivity index is 2.27. The van der Waals surface area contributed by atoms with Gasteiger partial charge in [0.25, 0.3) is 11.6 Å². The van der Waals surface area contributed by atoms with E-state index < -0.39 is 4.92 Å². The van der Waals surface area contributed by atoms with Crippen LogP contribution in [-0.4, -0.2) is 35.4 Å². The SMILES string of the molecule is Cc1ccc([N+](=O)[O-])cc1C(=O)N(C)C(CN)C1CC1. The van der Waals surface area contributed by atoms with Gasteiger partial charge in [-0.3, -0.25) is 14.9 Å². The van der Waals surface area contributed by atoms with Crippen molar-refractivity contribution in [2.45, 2.75) is 25.8 Å². The molecule has 1 aromatic rings. The molecule has 2 N–H and O–H groups in total. The Morgan fingerprint density at radius 1 is 1.55 bits per heavy atom.